The molecule has 1 aliphatic carbocycles. The molecule has 5 aromatic rings. The third-order valence-corrected chi connectivity index (χ3v) is 12.0. The van der Waals surface area contributed by atoms with Crippen molar-refractivity contribution in [1.82, 2.24) is 39.3 Å². The van der Waals surface area contributed by atoms with E-state index in [0.29, 0.717) is 46.9 Å². The van der Waals surface area contributed by atoms with Gasteiger partial charge >= 0.3 is 11.9 Å². The normalized spacial score (nSPS) is 20.9. The second-order valence-electron chi connectivity index (χ2n) is 15.6. The first-order valence-electron chi connectivity index (χ1n) is 19.6. The molecule has 58 heavy (non-hydrogen) atoms. The van der Waals surface area contributed by atoms with Crippen molar-refractivity contribution in [2.75, 3.05) is 44.0 Å². The summed E-state index contributed by atoms with van der Waals surface area (Å²) in [6.07, 6.45) is 3.81. The molecule has 1 saturated carbocycles. The molecule has 1 unspecified atom stereocenters. The van der Waals surface area contributed by atoms with Crippen LogP contribution in [0.25, 0.3) is 21.9 Å². The zero-order valence-corrected chi connectivity index (χ0v) is 32.5. The van der Waals surface area contributed by atoms with E-state index >= 15 is 0 Å². The van der Waals surface area contributed by atoms with Gasteiger partial charge in [0, 0.05) is 56.8 Å². The molecule has 2 N–H and O–H groups in total. The van der Waals surface area contributed by atoms with E-state index in [9.17, 15) is 32.3 Å². The van der Waals surface area contributed by atoms with E-state index in [-0.39, 0.29) is 29.8 Å². The lowest BCUT2D eigenvalue weighted by Crippen LogP contribution is -2.45. The van der Waals surface area contributed by atoms with Gasteiger partial charge in [-0.25, -0.2) is 4.79 Å². The van der Waals surface area contributed by atoms with Crippen LogP contribution in [0.3, 0.4) is 0 Å². The van der Waals surface area contributed by atoms with Crippen molar-refractivity contribution in [2.24, 2.45) is 13.0 Å². The average molecular weight is 803 g/mol. The zero-order valence-electron chi connectivity index (χ0n) is 32.5. The minimum Gasteiger partial charge on any atom is -0.494 e. The maximum Gasteiger partial charge on any atom is 0.435 e. The van der Waals surface area contributed by atoms with Crippen LogP contribution in [0.2, 0.25) is 0 Å². The molecule has 3 aromatic heterocycles. The number of rotatable bonds is 9. The van der Waals surface area contributed by atoms with Crippen LogP contribution in [-0.2, 0) is 22.8 Å². The fraction of sp³-hybridized carbons (Fsp3) is 0.475. The van der Waals surface area contributed by atoms with Crippen molar-refractivity contribution in [3.8, 4) is 5.75 Å². The molecule has 1 atom stereocenters. The number of amides is 3. The molecule has 5 heterocycles. The fourth-order valence-electron chi connectivity index (χ4n) is 8.91. The number of fused-ring (bicyclic) bond motifs is 2. The monoisotopic (exact) mass is 802 g/mol. The van der Waals surface area contributed by atoms with E-state index in [1.54, 1.807) is 23.7 Å². The van der Waals surface area contributed by atoms with E-state index < -0.39 is 29.7 Å². The number of alkyl halides is 3. The molecule has 2 saturated heterocycles. The Morgan fingerprint density at radius 1 is 1.00 bits per heavy atom. The molecule has 3 fully saturated rings. The summed E-state index contributed by atoms with van der Waals surface area (Å²) < 4.78 is 49.3. The number of ether oxygens (including phenoxy) is 1. The molecule has 3 amide bonds. The van der Waals surface area contributed by atoms with Crippen molar-refractivity contribution >= 4 is 51.0 Å². The molecule has 2 aliphatic heterocycles. The lowest BCUT2D eigenvalue weighted by atomic mass is 9.85. The van der Waals surface area contributed by atoms with Gasteiger partial charge in [-0.2, -0.15) is 18.3 Å². The highest BCUT2D eigenvalue weighted by Gasteiger charge is 2.35. The van der Waals surface area contributed by atoms with Gasteiger partial charge in [-0.15, -0.1) is 10.2 Å². The number of hydrogen-bond acceptors (Lipinski definition) is 10. The van der Waals surface area contributed by atoms with Crippen LogP contribution in [0.15, 0.2) is 53.5 Å². The van der Waals surface area contributed by atoms with Crippen LogP contribution < -0.4 is 26.0 Å². The van der Waals surface area contributed by atoms with Crippen LogP contribution in [0, 0.1) is 5.92 Å². The molecule has 3 aliphatic rings. The largest absolute Gasteiger partial charge is 0.494 e. The van der Waals surface area contributed by atoms with E-state index in [0.717, 1.165) is 80.8 Å². The topological polar surface area (TPSA) is 162 Å². The first kappa shape index (κ1) is 39.1. The maximum atomic E-state index is 13.4. The van der Waals surface area contributed by atoms with Gasteiger partial charge in [-0.1, -0.05) is 6.07 Å². The third-order valence-electron chi connectivity index (χ3n) is 12.0. The lowest BCUT2D eigenvalue weighted by molar-refractivity contribution is -0.142. The number of anilines is 2. The SMILES string of the molecule is COc1cc2nn([C@H]3CC[C@H](CN(C)C4CCN(c5cccc6c5n(C)c(=O)n6C5CCC(=O)NC5=O)CC4)CC3)cc2cc1NC(=O)c1ccc(C(F)(F)F)nn1. The van der Waals surface area contributed by atoms with E-state index in [4.69, 9.17) is 9.84 Å². The molecule has 0 bridgehead atoms. The summed E-state index contributed by atoms with van der Waals surface area (Å²) in [5.41, 5.74) is 1.79. The quantitative estimate of drug-likeness (QED) is 0.193. The van der Waals surface area contributed by atoms with Gasteiger partial charge < -0.3 is 19.9 Å². The van der Waals surface area contributed by atoms with E-state index in [1.807, 2.05) is 29.1 Å². The van der Waals surface area contributed by atoms with Crippen molar-refractivity contribution in [2.45, 2.75) is 75.7 Å². The predicted molar refractivity (Wildman–Crippen MR) is 209 cm³/mol. The van der Waals surface area contributed by atoms with Crippen LogP contribution in [-0.4, -0.2) is 91.6 Å². The smallest absolute Gasteiger partial charge is 0.435 e. The highest BCUT2D eigenvalue weighted by atomic mass is 19.4. The van der Waals surface area contributed by atoms with Crippen molar-refractivity contribution in [1.29, 1.82) is 0 Å². The Labute approximate surface area is 331 Å². The van der Waals surface area contributed by atoms with Crippen LogP contribution in [0.5, 0.6) is 5.75 Å². The van der Waals surface area contributed by atoms with Crippen molar-refractivity contribution in [3.63, 3.8) is 0 Å². The number of nitrogens with zero attached hydrogens (tertiary/aromatic N) is 8. The number of aromatic nitrogens is 6. The minimum atomic E-state index is -4.66. The molecule has 306 valence electrons. The fourth-order valence-corrected chi connectivity index (χ4v) is 8.91. The molecule has 15 nitrogen and oxygen atoms in total. The Balaban J connectivity index is 0.860. The number of hydrogen-bond donors (Lipinski definition) is 2. The van der Waals surface area contributed by atoms with Crippen LogP contribution >= 0.6 is 0 Å². The van der Waals surface area contributed by atoms with E-state index in [1.165, 1.54) is 11.7 Å². The van der Waals surface area contributed by atoms with Gasteiger partial charge in [0.25, 0.3) is 5.91 Å². The highest BCUT2D eigenvalue weighted by Crippen LogP contribution is 2.37. The first-order valence-corrected chi connectivity index (χ1v) is 19.6. The van der Waals surface area contributed by atoms with Gasteiger partial charge in [0.05, 0.1) is 41.1 Å². The number of piperidine rings is 2. The molecule has 8 rings (SSSR count). The Bertz CT molecular complexity index is 2430. The van der Waals surface area contributed by atoms with Crippen molar-refractivity contribution < 1.29 is 32.3 Å². The second-order valence-corrected chi connectivity index (χ2v) is 15.6. The molecule has 2 aromatic carbocycles. The van der Waals surface area contributed by atoms with E-state index in [2.05, 4.69) is 37.7 Å². The number of imide groups is 1. The summed E-state index contributed by atoms with van der Waals surface area (Å²) in [7, 11) is 5.42. The van der Waals surface area contributed by atoms with Gasteiger partial charge in [0.2, 0.25) is 11.8 Å². The number of para-hydroxylation sites is 1. The zero-order chi connectivity index (χ0) is 40.9. The summed E-state index contributed by atoms with van der Waals surface area (Å²) >= 11 is 0. The summed E-state index contributed by atoms with van der Waals surface area (Å²) in [4.78, 5) is 55.6. The molecular weight excluding hydrogens is 757 g/mol. The molecule has 0 spiro atoms. The Morgan fingerprint density at radius 3 is 2.43 bits per heavy atom. The summed E-state index contributed by atoms with van der Waals surface area (Å²) in [6.45, 7) is 2.68. The number of halogens is 3. The van der Waals surface area contributed by atoms with Gasteiger partial charge in [0.1, 0.15) is 11.8 Å². The van der Waals surface area contributed by atoms with Crippen LogP contribution in [0.1, 0.15) is 79.6 Å². The Kier molecular flexibility index (Phi) is 10.5. The second kappa shape index (κ2) is 15.5. The summed E-state index contributed by atoms with van der Waals surface area (Å²) in [5, 5.41) is 17.3. The number of imidazole rings is 1. The van der Waals surface area contributed by atoms with Crippen molar-refractivity contribution in [3.05, 3.63) is 70.5 Å². The Morgan fingerprint density at radius 2 is 1.76 bits per heavy atom. The number of aryl methyl sites for hydroxylation is 1. The maximum absolute atomic E-state index is 13.4. The number of benzene rings is 2. The molecule has 18 heteroatoms. The molecule has 0 radical (unpaired) electrons. The highest BCUT2D eigenvalue weighted by molar-refractivity contribution is 6.05. The average Bonchev–Trinajstić information content (AvgIpc) is 3.74. The predicted octanol–water partition coefficient (Wildman–Crippen LogP) is 5.07. The van der Waals surface area contributed by atoms with Gasteiger partial charge in [-0.3, -0.25) is 33.5 Å². The van der Waals surface area contributed by atoms with Gasteiger partial charge in [-0.05, 0) is 88.2 Å². The number of nitrogens with one attached hydrogen (secondary N) is 2. The third kappa shape index (κ3) is 7.52. The number of carbonyl (C=O) groups excluding carboxylic acids is 3. The first-order chi connectivity index (χ1) is 27.8. The number of methoxy groups -OCH3 is 1. The van der Waals surface area contributed by atoms with Gasteiger partial charge in [0.15, 0.2) is 11.4 Å². The standard InChI is InChI=1S/C40H45F3N10O5/c1-49(25-15-17-51(18-16-25)30-5-4-6-31-36(30)50(2)39(57)53(31)32-12-14-35(54)45-38(32)56)21-23-7-9-26(10-8-23)52-22-24-19-29(33(58-3)20-28(24)48-52)44-37(55)27-11-13-34(47-46-27)40(41,42)43/h4-6,11,13,19-20,22-23,25-26,32H,7-10,12,14-18,21H2,1-3H3,(H,44,55)(H,45,54,56)/t23-,26-,32?. The summed E-state index contributed by atoms with van der Waals surface area (Å²) in [6, 6.07) is 10.9. The van der Waals surface area contributed by atoms with Crippen LogP contribution in [0.4, 0.5) is 24.5 Å². The lowest BCUT2D eigenvalue weighted by Gasteiger charge is -2.40. The summed E-state index contributed by atoms with van der Waals surface area (Å²) in [5.74, 6) is -0.565. The Hall–Kier alpha value is -5.78. The number of carbonyl (C=O) groups is 3. The molecular formula is C40H45F3N10O5. The minimum absolute atomic E-state index is 0.197.